The van der Waals surface area contributed by atoms with E-state index in [0.29, 0.717) is 4.61 Å². The van der Waals surface area contributed by atoms with Crippen LogP contribution in [0.1, 0.15) is 0 Å². The van der Waals surface area contributed by atoms with Crippen LogP contribution >= 0.6 is 22.6 Å². The SMILES string of the molecule is FC(F)COCI. The molecule has 0 saturated carbocycles. The molecule has 0 radical (unpaired) electrons. The first-order valence-electron chi connectivity index (χ1n) is 1.69. The Balaban J connectivity index is 2.68. The molecule has 0 fully saturated rings. The van der Waals surface area contributed by atoms with Crippen molar-refractivity contribution in [1.82, 2.24) is 0 Å². The van der Waals surface area contributed by atoms with E-state index in [1.54, 1.807) is 0 Å². The lowest BCUT2D eigenvalue weighted by Crippen LogP contribution is -2.01. The molecule has 0 heterocycles. The van der Waals surface area contributed by atoms with E-state index in [-0.39, 0.29) is 0 Å². The summed E-state index contributed by atoms with van der Waals surface area (Å²) < 4.78 is 26.9. The average molecular weight is 222 g/mol. The summed E-state index contributed by atoms with van der Waals surface area (Å²) >= 11 is 1.87. The van der Waals surface area contributed by atoms with E-state index in [1.807, 2.05) is 22.6 Å². The summed E-state index contributed by atoms with van der Waals surface area (Å²) in [5.74, 6) is 0. The maximum absolute atomic E-state index is 11.1. The van der Waals surface area contributed by atoms with Crippen molar-refractivity contribution in [2.24, 2.45) is 0 Å². The number of halogens is 3. The van der Waals surface area contributed by atoms with Crippen molar-refractivity contribution < 1.29 is 13.5 Å². The van der Waals surface area contributed by atoms with Gasteiger partial charge in [-0.3, -0.25) is 0 Å². The van der Waals surface area contributed by atoms with Crippen LogP contribution in [-0.4, -0.2) is 17.6 Å². The molecular weight excluding hydrogens is 217 g/mol. The van der Waals surface area contributed by atoms with Crippen molar-refractivity contribution in [3.05, 3.63) is 0 Å². The highest BCUT2D eigenvalue weighted by Gasteiger charge is 1.98. The van der Waals surface area contributed by atoms with Gasteiger partial charge in [0, 0.05) is 0 Å². The van der Waals surface area contributed by atoms with Crippen LogP contribution in [0, 0.1) is 0 Å². The molecule has 4 heteroatoms. The van der Waals surface area contributed by atoms with Crippen LogP contribution < -0.4 is 0 Å². The molecule has 0 aromatic rings. The number of ether oxygens (including phenoxy) is 1. The monoisotopic (exact) mass is 222 g/mol. The normalized spacial score (nSPS) is 10.3. The lowest BCUT2D eigenvalue weighted by Gasteiger charge is -1.94. The molecule has 0 unspecified atom stereocenters. The van der Waals surface area contributed by atoms with Crippen LogP contribution in [0.3, 0.4) is 0 Å². The second kappa shape index (κ2) is 4.70. The minimum atomic E-state index is -2.32. The first-order valence-corrected chi connectivity index (χ1v) is 3.21. The molecule has 7 heavy (non-hydrogen) atoms. The molecule has 0 rings (SSSR count). The van der Waals surface area contributed by atoms with E-state index in [9.17, 15) is 8.78 Å². The third kappa shape index (κ3) is 6.55. The summed E-state index contributed by atoms with van der Waals surface area (Å²) in [6.45, 7) is -0.442. The van der Waals surface area contributed by atoms with E-state index < -0.39 is 13.0 Å². The number of hydrogen-bond donors (Lipinski definition) is 0. The molecule has 0 N–H and O–H groups in total. The fourth-order valence-electron chi connectivity index (χ4n) is 0.134. The Morgan fingerprint density at radius 3 is 2.29 bits per heavy atom. The number of rotatable bonds is 3. The minimum Gasteiger partial charge on any atom is -0.365 e. The van der Waals surface area contributed by atoms with Gasteiger partial charge in [-0.2, -0.15) is 0 Å². The predicted molar refractivity (Wildman–Crippen MR) is 30.8 cm³/mol. The zero-order valence-corrected chi connectivity index (χ0v) is 5.69. The third-order valence-electron chi connectivity index (χ3n) is 0.321. The van der Waals surface area contributed by atoms with E-state index in [4.69, 9.17) is 0 Å². The van der Waals surface area contributed by atoms with Gasteiger partial charge in [0.1, 0.15) is 6.61 Å². The van der Waals surface area contributed by atoms with Crippen molar-refractivity contribution in [2.45, 2.75) is 6.43 Å². The molecule has 0 amide bonds. The fraction of sp³-hybridized carbons (Fsp3) is 1.00. The van der Waals surface area contributed by atoms with Gasteiger partial charge in [-0.25, -0.2) is 8.78 Å². The van der Waals surface area contributed by atoms with Crippen LogP contribution in [0.15, 0.2) is 0 Å². The molecule has 0 aliphatic heterocycles. The van der Waals surface area contributed by atoms with Crippen molar-refractivity contribution in [1.29, 1.82) is 0 Å². The Hall–Kier alpha value is 0.550. The Bertz CT molecular complexity index is 41.9. The smallest absolute Gasteiger partial charge is 0.261 e. The molecule has 0 aromatic carbocycles. The first-order chi connectivity index (χ1) is 3.27. The second-order valence-corrected chi connectivity index (χ2v) is 1.49. The molecule has 0 spiro atoms. The highest BCUT2D eigenvalue weighted by molar-refractivity contribution is 14.1. The quantitative estimate of drug-likeness (QED) is 0.521. The minimum absolute atomic E-state index is 0.335. The Morgan fingerprint density at radius 2 is 2.14 bits per heavy atom. The lowest BCUT2D eigenvalue weighted by atomic mass is 10.8. The van der Waals surface area contributed by atoms with E-state index in [0.717, 1.165) is 0 Å². The summed E-state index contributed by atoms with van der Waals surface area (Å²) in [4.78, 5) is 0. The van der Waals surface area contributed by atoms with E-state index >= 15 is 0 Å². The van der Waals surface area contributed by atoms with Gasteiger partial charge >= 0.3 is 0 Å². The van der Waals surface area contributed by atoms with Crippen molar-refractivity contribution in [3.8, 4) is 0 Å². The van der Waals surface area contributed by atoms with Crippen LogP contribution in [0.25, 0.3) is 0 Å². The number of alkyl halides is 3. The van der Waals surface area contributed by atoms with Crippen LogP contribution in [0.4, 0.5) is 8.78 Å². The first kappa shape index (κ1) is 7.55. The molecule has 44 valence electrons. The van der Waals surface area contributed by atoms with Gasteiger partial charge < -0.3 is 4.74 Å². The second-order valence-electron chi connectivity index (χ2n) is 0.871. The van der Waals surface area contributed by atoms with Gasteiger partial charge in [-0.1, -0.05) is 22.6 Å². The number of hydrogen-bond acceptors (Lipinski definition) is 1. The van der Waals surface area contributed by atoms with Crippen LogP contribution in [-0.2, 0) is 4.74 Å². The average Bonchev–Trinajstić information content (AvgIpc) is 1.61. The molecule has 0 aliphatic carbocycles. The maximum Gasteiger partial charge on any atom is 0.261 e. The van der Waals surface area contributed by atoms with Crippen LogP contribution in [0.2, 0.25) is 0 Å². The molecule has 1 nitrogen and oxygen atoms in total. The topological polar surface area (TPSA) is 9.23 Å². The summed E-state index contributed by atoms with van der Waals surface area (Å²) in [5.41, 5.74) is 0. The zero-order chi connectivity index (χ0) is 5.70. The Labute approximate surface area is 54.2 Å². The maximum atomic E-state index is 11.1. The largest absolute Gasteiger partial charge is 0.365 e. The Kier molecular flexibility index (Phi) is 5.07. The van der Waals surface area contributed by atoms with Crippen molar-refractivity contribution >= 4 is 22.6 Å². The molecule has 0 atom stereocenters. The molecule has 0 aliphatic rings. The molecule has 0 aromatic heterocycles. The van der Waals surface area contributed by atoms with Crippen molar-refractivity contribution in [3.63, 3.8) is 0 Å². The van der Waals surface area contributed by atoms with E-state index in [2.05, 4.69) is 4.74 Å². The lowest BCUT2D eigenvalue weighted by molar-refractivity contribution is 0.0396. The summed E-state index contributed by atoms with van der Waals surface area (Å²) in [6, 6.07) is 0. The highest BCUT2D eigenvalue weighted by Crippen LogP contribution is 1.93. The summed E-state index contributed by atoms with van der Waals surface area (Å²) in [6.07, 6.45) is -2.32. The van der Waals surface area contributed by atoms with Crippen LogP contribution in [0.5, 0.6) is 0 Å². The van der Waals surface area contributed by atoms with Gasteiger partial charge in [-0.05, 0) is 0 Å². The van der Waals surface area contributed by atoms with Gasteiger partial charge in [-0.15, -0.1) is 0 Å². The van der Waals surface area contributed by atoms with Gasteiger partial charge in [0.15, 0.2) is 0 Å². The molecule has 0 bridgehead atoms. The fourth-order valence-corrected chi connectivity index (χ4v) is 0.388. The van der Waals surface area contributed by atoms with Crippen molar-refractivity contribution in [2.75, 3.05) is 11.2 Å². The molecular formula is C3H5F2IO. The van der Waals surface area contributed by atoms with E-state index in [1.165, 1.54) is 0 Å². The summed E-state index contributed by atoms with van der Waals surface area (Å²) in [7, 11) is 0. The standard InChI is InChI=1S/C3H5F2IO/c4-3(5)1-7-2-6/h3H,1-2H2. The predicted octanol–water partition coefficient (Wildman–Crippen LogP) is 1.66. The molecule has 0 saturated heterocycles. The highest BCUT2D eigenvalue weighted by atomic mass is 127. The van der Waals surface area contributed by atoms with Gasteiger partial charge in [0.2, 0.25) is 0 Å². The van der Waals surface area contributed by atoms with Gasteiger partial charge in [0.05, 0.1) is 4.61 Å². The van der Waals surface area contributed by atoms with Gasteiger partial charge in [0.25, 0.3) is 6.43 Å². The zero-order valence-electron chi connectivity index (χ0n) is 3.53. The Morgan fingerprint density at radius 1 is 1.57 bits per heavy atom. The third-order valence-corrected chi connectivity index (χ3v) is 0.761. The summed E-state index contributed by atoms with van der Waals surface area (Å²) in [5, 5.41) is 0.